The Hall–Kier alpha value is -3.06. The zero-order chi connectivity index (χ0) is 37.5. The third kappa shape index (κ3) is 8.02. The molecular weight excluding hydrogens is 728 g/mol. The van der Waals surface area contributed by atoms with E-state index in [9.17, 15) is 9.59 Å². The van der Waals surface area contributed by atoms with E-state index in [2.05, 4.69) is 56.6 Å². The van der Waals surface area contributed by atoms with E-state index in [1.54, 1.807) is 37.3 Å². The third-order valence-electron chi connectivity index (χ3n) is 14.1. The molecule has 7 rings (SSSR count). The van der Waals surface area contributed by atoms with Crippen LogP contribution < -0.4 is 14.9 Å². The lowest BCUT2D eigenvalue weighted by molar-refractivity contribution is -0.154. The van der Waals surface area contributed by atoms with Crippen molar-refractivity contribution in [1.82, 2.24) is 0 Å². The first-order valence-corrected chi connectivity index (χ1v) is 21.1. The molecule has 0 radical (unpaired) electrons. The lowest BCUT2D eigenvalue weighted by atomic mass is 9.44. The standard InChI is InChI=1S/C46H59BrO6/c1-28(2)8-7-9-29(3)31-10-19-39-37-17-11-32-24-36(20-23-46(32,6)40(37)21-22-45(39,5)26-31)52-42(48)27-50-35-16-18-38-41(25-35)51-30(4)44(43(38)49)53-34-14-12-33(47)13-15-34/h11-16,18,25,28-29,31,36-37,39-40H,7-10,17,19-24,26-27H2,1-6H3/t29-,31-,36+,37+,39-,40+,45+,46-/m0/s1. The molecule has 3 aromatic rings. The molecule has 0 bridgehead atoms. The third-order valence-corrected chi connectivity index (χ3v) is 14.6. The normalized spacial score (nSPS) is 30.1. The molecule has 6 nitrogen and oxygen atoms in total. The van der Waals surface area contributed by atoms with E-state index in [1.807, 2.05) is 12.1 Å². The van der Waals surface area contributed by atoms with Crippen LogP contribution in [0.2, 0.25) is 0 Å². The summed E-state index contributed by atoms with van der Waals surface area (Å²) >= 11 is 3.41. The molecule has 0 spiro atoms. The maximum Gasteiger partial charge on any atom is 0.344 e. The number of fused-ring (bicyclic) bond motifs is 6. The molecule has 53 heavy (non-hydrogen) atoms. The van der Waals surface area contributed by atoms with Gasteiger partial charge in [-0.25, -0.2) is 4.79 Å². The Morgan fingerprint density at radius 3 is 2.51 bits per heavy atom. The minimum Gasteiger partial charge on any atom is -0.482 e. The molecule has 0 saturated heterocycles. The molecule has 2 aromatic carbocycles. The number of hydrogen-bond acceptors (Lipinski definition) is 6. The molecule has 8 atom stereocenters. The molecule has 0 aliphatic heterocycles. The Balaban J connectivity index is 0.932. The summed E-state index contributed by atoms with van der Waals surface area (Å²) in [4.78, 5) is 26.3. The van der Waals surface area contributed by atoms with Gasteiger partial charge in [0.2, 0.25) is 11.2 Å². The number of allylic oxidation sites excluding steroid dienone is 1. The molecule has 7 heteroatoms. The van der Waals surface area contributed by atoms with Gasteiger partial charge in [0.1, 0.15) is 28.9 Å². The van der Waals surface area contributed by atoms with Crippen LogP contribution in [0.15, 0.2) is 67.8 Å². The second-order valence-electron chi connectivity index (χ2n) is 18.0. The summed E-state index contributed by atoms with van der Waals surface area (Å²) in [5.74, 6) is 6.03. The molecule has 4 aliphatic carbocycles. The smallest absolute Gasteiger partial charge is 0.344 e. The van der Waals surface area contributed by atoms with Crippen LogP contribution in [0.3, 0.4) is 0 Å². The van der Waals surface area contributed by atoms with E-state index in [4.69, 9.17) is 18.6 Å². The average Bonchev–Trinajstić information content (AvgIpc) is 3.12. The molecule has 1 aromatic heterocycles. The van der Waals surface area contributed by atoms with E-state index in [-0.39, 0.29) is 35.3 Å². The topological polar surface area (TPSA) is 75.0 Å². The Morgan fingerprint density at radius 2 is 1.74 bits per heavy atom. The largest absolute Gasteiger partial charge is 0.482 e. The Labute approximate surface area is 324 Å². The molecule has 286 valence electrons. The molecule has 3 fully saturated rings. The lowest BCUT2D eigenvalue weighted by Crippen LogP contribution is -2.52. The zero-order valence-corrected chi connectivity index (χ0v) is 34.3. The molecule has 4 aliphatic rings. The van der Waals surface area contributed by atoms with Crippen molar-refractivity contribution in [1.29, 1.82) is 0 Å². The van der Waals surface area contributed by atoms with Gasteiger partial charge in [-0.3, -0.25) is 4.79 Å². The van der Waals surface area contributed by atoms with Crippen LogP contribution in [0.1, 0.15) is 117 Å². The zero-order valence-electron chi connectivity index (χ0n) is 32.7. The van der Waals surface area contributed by atoms with Crippen LogP contribution in [-0.4, -0.2) is 18.7 Å². The first-order chi connectivity index (χ1) is 25.3. The quantitative estimate of drug-likeness (QED) is 0.142. The van der Waals surface area contributed by atoms with Crippen molar-refractivity contribution in [3.63, 3.8) is 0 Å². The van der Waals surface area contributed by atoms with Crippen molar-refractivity contribution in [2.75, 3.05) is 6.61 Å². The summed E-state index contributed by atoms with van der Waals surface area (Å²) in [6.45, 7) is 13.9. The number of hydrogen-bond donors (Lipinski definition) is 0. The molecular formula is C46H59BrO6. The van der Waals surface area contributed by atoms with Gasteiger partial charge in [0.05, 0.1) is 5.39 Å². The first kappa shape index (κ1) is 38.2. The van der Waals surface area contributed by atoms with Crippen molar-refractivity contribution in [3.05, 3.63) is 74.6 Å². The van der Waals surface area contributed by atoms with Crippen LogP contribution in [0.5, 0.6) is 17.2 Å². The van der Waals surface area contributed by atoms with Crippen LogP contribution in [0.4, 0.5) is 0 Å². The highest BCUT2D eigenvalue weighted by Gasteiger charge is 2.56. The number of rotatable bonds is 11. The Kier molecular flexibility index (Phi) is 11.2. The number of esters is 1. The van der Waals surface area contributed by atoms with Crippen LogP contribution in [0.25, 0.3) is 11.0 Å². The van der Waals surface area contributed by atoms with Gasteiger partial charge >= 0.3 is 5.97 Å². The highest BCUT2D eigenvalue weighted by Crippen LogP contribution is 2.65. The van der Waals surface area contributed by atoms with Gasteiger partial charge in [0.25, 0.3) is 0 Å². The number of carbonyl (C=O) groups excluding carboxylic acids is 1. The summed E-state index contributed by atoms with van der Waals surface area (Å²) < 4.78 is 24.6. The van der Waals surface area contributed by atoms with Gasteiger partial charge in [-0.05, 0) is 141 Å². The predicted octanol–water partition coefficient (Wildman–Crippen LogP) is 12.4. The summed E-state index contributed by atoms with van der Waals surface area (Å²) in [5, 5.41) is 0.378. The maximum atomic E-state index is 13.3. The van der Waals surface area contributed by atoms with Crippen molar-refractivity contribution in [2.45, 2.75) is 125 Å². The number of carbonyl (C=O) groups is 1. The molecule has 0 amide bonds. The second-order valence-corrected chi connectivity index (χ2v) is 18.9. The highest BCUT2D eigenvalue weighted by molar-refractivity contribution is 9.10. The van der Waals surface area contributed by atoms with E-state index >= 15 is 0 Å². The monoisotopic (exact) mass is 786 g/mol. The van der Waals surface area contributed by atoms with E-state index < -0.39 is 0 Å². The lowest BCUT2D eigenvalue weighted by Gasteiger charge is -2.61. The van der Waals surface area contributed by atoms with E-state index in [1.165, 1.54) is 63.4 Å². The first-order valence-electron chi connectivity index (χ1n) is 20.4. The minimum atomic E-state index is -0.368. The predicted molar refractivity (Wildman–Crippen MR) is 214 cm³/mol. The molecule has 3 saturated carbocycles. The Morgan fingerprint density at radius 1 is 0.962 bits per heavy atom. The summed E-state index contributed by atoms with van der Waals surface area (Å²) in [6, 6.07) is 12.2. The van der Waals surface area contributed by atoms with E-state index in [0.717, 1.165) is 59.2 Å². The Bertz CT molecular complexity index is 1880. The second kappa shape index (κ2) is 15.6. The molecule has 0 N–H and O–H groups in total. The molecule has 0 unspecified atom stereocenters. The van der Waals surface area contributed by atoms with Crippen molar-refractivity contribution < 1.29 is 23.4 Å². The van der Waals surface area contributed by atoms with Gasteiger partial charge in [0.15, 0.2) is 6.61 Å². The number of halogens is 1. The van der Waals surface area contributed by atoms with Crippen molar-refractivity contribution >= 4 is 32.9 Å². The van der Waals surface area contributed by atoms with Gasteiger partial charge in [0, 0.05) is 17.0 Å². The highest BCUT2D eigenvalue weighted by atomic mass is 79.9. The fourth-order valence-electron chi connectivity index (χ4n) is 11.1. The molecule has 1 heterocycles. The summed E-state index contributed by atoms with van der Waals surface area (Å²) in [7, 11) is 0. The number of benzene rings is 2. The maximum absolute atomic E-state index is 13.3. The number of ether oxygens (including phenoxy) is 3. The van der Waals surface area contributed by atoms with Gasteiger partial charge < -0.3 is 18.6 Å². The van der Waals surface area contributed by atoms with Crippen LogP contribution in [0, 0.1) is 53.3 Å². The fourth-order valence-corrected chi connectivity index (χ4v) is 11.3. The fraction of sp³-hybridized carbons (Fsp3) is 0.609. The van der Waals surface area contributed by atoms with Gasteiger partial charge in [-0.1, -0.05) is 81.5 Å². The number of aryl methyl sites for hydroxylation is 1. The van der Waals surface area contributed by atoms with E-state index in [0.29, 0.717) is 33.6 Å². The SMILES string of the molecule is Cc1oc2cc(OCC(=O)O[C@@H]3CC[C@@]4(C)C(=CC[C@H]5[C@H]4CC[C@]4(C)C[C@@H]([C@@H](C)CCCC(C)C)CC[C@@H]54)C3)ccc2c(=O)c1Oc1ccc(Br)cc1. The van der Waals surface area contributed by atoms with Crippen molar-refractivity contribution in [2.24, 2.45) is 46.3 Å². The van der Waals surface area contributed by atoms with Gasteiger partial charge in [-0.2, -0.15) is 0 Å². The summed E-state index contributed by atoms with van der Waals surface area (Å²) in [5.41, 5.74) is 2.32. The van der Waals surface area contributed by atoms with Gasteiger partial charge in [-0.15, -0.1) is 0 Å². The van der Waals surface area contributed by atoms with Crippen molar-refractivity contribution in [3.8, 4) is 17.2 Å². The summed E-state index contributed by atoms with van der Waals surface area (Å²) in [6.07, 6.45) is 17.5. The van der Waals surface area contributed by atoms with Crippen LogP contribution in [-0.2, 0) is 9.53 Å². The minimum absolute atomic E-state index is 0.120. The average molecular weight is 788 g/mol. The van der Waals surface area contributed by atoms with Crippen LogP contribution >= 0.6 is 15.9 Å².